The Hall–Kier alpha value is -4.81. The van der Waals surface area contributed by atoms with E-state index in [1.165, 1.54) is 11.1 Å². The number of hydrogen-bond donors (Lipinski definition) is 0. The van der Waals surface area contributed by atoms with E-state index in [0.717, 1.165) is 31.9 Å². The number of rotatable bonds is 6. The zero-order valence-electron chi connectivity index (χ0n) is 22.4. The van der Waals surface area contributed by atoms with Crippen molar-refractivity contribution in [3.63, 3.8) is 0 Å². The van der Waals surface area contributed by atoms with Gasteiger partial charge in [0, 0.05) is 56.0 Å². The number of pyridine rings is 1. The summed E-state index contributed by atoms with van der Waals surface area (Å²) in [4.78, 5) is 45.6. The number of nitrogens with zero attached hydrogens (tertiary/aromatic N) is 8. The van der Waals surface area contributed by atoms with Crippen LogP contribution < -0.4 is 9.80 Å². The maximum atomic E-state index is 13.6. The minimum atomic E-state index is -2.87. The van der Waals surface area contributed by atoms with Crippen molar-refractivity contribution in [2.45, 2.75) is 32.2 Å². The highest BCUT2D eigenvalue weighted by Crippen LogP contribution is 2.37. The van der Waals surface area contributed by atoms with Crippen LogP contribution in [0.3, 0.4) is 0 Å². The van der Waals surface area contributed by atoms with Crippen LogP contribution in [0.5, 0.6) is 0 Å². The fraction of sp³-hybridized carbons (Fsp3) is 0.321. The first-order valence-electron chi connectivity index (χ1n) is 13.1. The van der Waals surface area contributed by atoms with E-state index in [4.69, 9.17) is 4.42 Å². The Morgan fingerprint density at radius 2 is 1.68 bits per heavy atom. The average molecular weight is 561 g/mol. The van der Waals surface area contributed by atoms with Crippen LogP contribution >= 0.6 is 0 Å². The van der Waals surface area contributed by atoms with E-state index in [2.05, 4.69) is 34.9 Å². The number of aromatic nitrogens is 5. The van der Waals surface area contributed by atoms with Gasteiger partial charge in [-0.2, -0.15) is 8.78 Å². The van der Waals surface area contributed by atoms with E-state index in [1.54, 1.807) is 36.7 Å². The van der Waals surface area contributed by atoms with E-state index in [0.29, 0.717) is 28.3 Å². The van der Waals surface area contributed by atoms with Crippen LogP contribution in [0.1, 0.15) is 47.8 Å². The van der Waals surface area contributed by atoms with Gasteiger partial charge in [-0.3, -0.25) is 19.5 Å². The molecule has 0 spiro atoms. The van der Waals surface area contributed by atoms with Gasteiger partial charge in [-0.05, 0) is 55.8 Å². The SMILES string of the molecule is CC1(C)C(=O)N(Cc2ccc(-c3nnc(C(F)F)o3)cn2)C(=O)c2ccc(N3CCN(c4ncccn4)CC3)cc21. The molecular formula is C28H26F2N8O3. The van der Waals surface area contributed by atoms with Crippen molar-refractivity contribution >= 4 is 23.5 Å². The van der Waals surface area contributed by atoms with Crippen molar-refractivity contribution in [1.82, 2.24) is 30.0 Å². The average Bonchev–Trinajstić information content (AvgIpc) is 3.50. The van der Waals surface area contributed by atoms with Crippen molar-refractivity contribution in [3.8, 4) is 11.5 Å². The third-order valence-electron chi connectivity index (χ3n) is 7.43. The first-order valence-corrected chi connectivity index (χ1v) is 13.1. The highest BCUT2D eigenvalue weighted by atomic mass is 19.3. The minimum Gasteiger partial charge on any atom is -0.415 e. The van der Waals surface area contributed by atoms with Gasteiger partial charge in [0.25, 0.3) is 11.8 Å². The second kappa shape index (κ2) is 10.3. The number of benzene rings is 1. The van der Waals surface area contributed by atoms with E-state index in [9.17, 15) is 18.4 Å². The Kier molecular flexibility index (Phi) is 6.64. The standard InChI is InChI=1S/C28H26F2N8O3/c1-28(2)21-14-19(36-10-12-37(13-11-36)27-31-8-3-9-32-27)6-7-20(21)25(39)38(26(28)40)16-18-5-4-17(15-33-18)23-34-35-24(41-23)22(29)30/h3-9,14-15,22H,10-13,16H2,1-2H3. The zero-order chi connectivity index (χ0) is 28.7. The van der Waals surface area contributed by atoms with Crippen molar-refractivity contribution in [2.75, 3.05) is 36.0 Å². The maximum absolute atomic E-state index is 13.6. The molecule has 13 heteroatoms. The van der Waals surface area contributed by atoms with Crippen LogP contribution in [0.15, 0.2) is 59.4 Å². The molecule has 1 fully saturated rings. The fourth-order valence-electron chi connectivity index (χ4n) is 5.13. The summed E-state index contributed by atoms with van der Waals surface area (Å²) in [6.45, 7) is 6.59. The molecule has 0 aliphatic carbocycles. The number of alkyl halides is 2. The Labute approximate surface area is 233 Å². The Balaban J connectivity index is 1.18. The molecule has 1 aromatic carbocycles. The van der Waals surface area contributed by atoms with Gasteiger partial charge in [0.15, 0.2) is 0 Å². The molecule has 3 aromatic heterocycles. The van der Waals surface area contributed by atoms with Crippen molar-refractivity contribution in [3.05, 3.63) is 77.7 Å². The van der Waals surface area contributed by atoms with Gasteiger partial charge in [-0.15, -0.1) is 10.2 Å². The third-order valence-corrected chi connectivity index (χ3v) is 7.43. The molecule has 0 N–H and O–H groups in total. The largest absolute Gasteiger partial charge is 0.415 e. The molecule has 0 bridgehead atoms. The van der Waals surface area contributed by atoms with E-state index < -0.39 is 23.6 Å². The monoisotopic (exact) mass is 560 g/mol. The van der Waals surface area contributed by atoms with Crippen LogP contribution in [0, 0.1) is 0 Å². The summed E-state index contributed by atoms with van der Waals surface area (Å²) in [6.07, 6.45) is 1.96. The summed E-state index contributed by atoms with van der Waals surface area (Å²) in [7, 11) is 0. The zero-order valence-corrected chi connectivity index (χ0v) is 22.4. The predicted octanol–water partition coefficient (Wildman–Crippen LogP) is 3.65. The molecular weight excluding hydrogens is 534 g/mol. The summed E-state index contributed by atoms with van der Waals surface area (Å²) in [5, 5.41) is 6.93. The van der Waals surface area contributed by atoms with E-state index >= 15 is 0 Å². The normalized spacial score (nSPS) is 16.9. The third kappa shape index (κ3) is 4.87. The Morgan fingerprint density at radius 3 is 2.34 bits per heavy atom. The number of carbonyl (C=O) groups excluding carboxylic acids is 2. The number of anilines is 2. The van der Waals surface area contributed by atoms with Crippen LogP contribution in [-0.4, -0.2) is 68.0 Å². The lowest BCUT2D eigenvalue weighted by Crippen LogP contribution is -2.51. The summed E-state index contributed by atoms with van der Waals surface area (Å²) in [5.41, 5.74) is 1.95. The number of imide groups is 1. The van der Waals surface area contributed by atoms with Gasteiger partial charge in [0.1, 0.15) is 0 Å². The lowest BCUT2D eigenvalue weighted by molar-refractivity contribution is -0.134. The van der Waals surface area contributed by atoms with Gasteiger partial charge in [-0.25, -0.2) is 9.97 Å². The van der Waals surface area contributed by atoms with Gasteiger partial charge < -0.3 is 14.2 Å². The molecule has 0 saturated carbocycles. The molecule has 11 nitrogen and oxygen atoms in total. The summed E-state index contributed by atoms with van der Waals surface area (Å²) >= 11 is 0. The highest BCUT2D eigenvalue weighted by Gasteiger charge is 2.44. The molecule has 41 heavy (non-hydrogen) atoms. The molecule has 0 atom stereocenters. The molecule has 2 aliphatic heterocycles. The van der Waals surface area contributed by atoms with Gasteiger partial charge in [0.05, 0.1) is 23.2 Å². The van der Waals surface area contributed by atoms with Crippen molar-refractivity contribution < 1.29 is 22.8 Å². The molecule has 210 valence electrons. The van der Waals surface area contributed by atoms with E-state index in [-0.39, 0.29) is 18.3 Å². The van der Waals surface area contributed by atoms with Crippen LogP contribution in [0.2, 0.25) is 0 Å². The Morgan fingerprint density at radius 1 is 0.951 bits per heavy atom. The molecule has 6 rings (SSSR count). The lowest BCUT2D eigenvalue weighted by Gasteiger charge is -2.39. The first kappa shape index (κ1) is 26.4. The van der Waals surface area contributed by atoms with Gasteiger partial charge in [-0.1, -0.05) is 0 Å². The van der Waals surface area contributed by atoms with Crippen LogP contribution in [0.4, 0.5) is 20.4 Å². The van der Waals surface area contributed by atoms with Gasteiger partial charge in [0.2, 0.25) is 17.7 Å². The maximum Gasteiger partial charge on any atom is 0.314 e. The lowest BCUT2D eigenvalue weighted by atomic mass is 9.77. The fourth-order valence-corrected chi connectivity index (χ4v) is 5.13. The summed E-state index contributed by atoms with van der Waals surface area (Å²) in [5.74, 6) is -0.893. The van der Waals surface area contributed by atoms with E-state index in [1.807, 2.05) is 26.0 Å². The summed E-state index contributed by atoms with van der Waals surface area (Å²) in [6, 6.07) is 10.6. The predicted molar refractivity (Wildman–Crippen MR) is 143 cm³/mol. The number of amides is 2. The number of piperazine rings is 1. The van der Waals surface area contributed by atoms with Crippen molar-refractivity contribution in [1.29, 1.82) is 0 Å². The molecule has 0 radical (unpaired) electrons. The molecule has 5 heterocycles. The first-order chi connectivity index (χ1) is 19.7. The minimum absolute atomic E-state index is 0.0435. The number of carbonyl (C=O) groups is 2. The Bertz CT molecular complexity index is 1590. The number of fused-ring (bicyclic) bond motifs is 1. The number of hydrogen-bond acceptors (Lipinski definition) is 10. The molecule has 0 unspecified atom stereocenters. The highest BCUT2D eigenvalue weighted by molar-refractivity contribution is 6.13. The molecule has 2 aliphatic rings. The molecule has 1 saturated heterocycles. The molecule has 2 amide bonds. The second-order valence-corrected chi connectivity index (χ2v) is 10.4. The van der Waals surface area contributed by atoms with Crippen LogP contribution in [-0.2, 0) is 16.8 Å². The second-order valence-electron chi connectivity index (χ2n) is 10.4. The topological polar surface area (TPSA) is 121 Å². The molecule has 4 aromatic rings. The smallest absolute Gasteiger partial charge is 0.314 e. The van der Waals surface area contributed by atoms with Crippen molar-refractivity contribution in [2.24, 2.45) is 0 Å². The summed E-state index contributed by atoms with van der Waals surface area (Å²) < 4.78 is 30.5. The number of halogens is 2. The quantitative estimate of drug-likeness (QED) is 0.323. The van der Waals surface area contributed by atoms with Gasteiger partial charge >= 0.3 is 6.43 Å². The van der Waals surface area contributed by atoms with Crippen LogP contribution in [0.25, 0.3) is 11.5 Å².